The number of alkyl halides is 3. The number of rotatable bonds is 9. The van der Waals surface area contributed by atoms with E-state index in [0.717, 1.165) is 12.1 Å². The normalized spacial score (nSPS) is 24.4. The molecule has 9 rings (SSSR count). The van der Waals surface area contributed by atoms with Gasteiger partial charge in [0.1, 0.15) is 40.6 Å². The van der Waals surface area contributed by atoms with Gasteiger partial charge in [-0.1, -0.05) is 61.4 Å². The molecule has 4 aliphatic rings. The number of benzene rings is 3. The first-order valence-corrected chi connectivity index (χ1v) is 23.3. The summed E-state index contributed by atoms with van der Waals surface area (Å²) in [6, 6.07) is 14.2. The maximum absolute atomic E-state index is 14.8. The second-order valence-electron chi connectivity index (χ2n) is 17.8. The van der Waals surface area contributed by atoms with Gasteiger partial charge in [0.25, 0.3) is 11.8 Å². The van der Waals surface area contributed by atoms with Crippen LogP contribution in [0.3, 0.4) is 0 Å². The lowest BCUT2D eigenvalue weighted by Gasteiger charge is -2.30. The van der Waals surface area contributed by atoms with Crippen LogP contribution in [-0.4, -0.2) is 81.9 Å². The molecule has 0 radical (unpaired) electrons. The molecular weight excluding hydrogens is 885 g/mol. The van der Waals surface area contributed by atoms with Crippen LogP contribution in [0.25, 0.3) is 33.5 Å². The minimum absolute atomic E-state index is 0.0131. The van der Waals surface area contributed by atoms with Gasteiger partial charge in [-0.25, -0.2) is 17.8 Å². The number of amides is 4. The van der Waals surface area contributed by atoms with E-state index >= 15 is 0 Å². The number of fused-ring (bicyclic) bond motifs is 5. The predicted molar refractivity (Wildman–Crippen MR) is 232 cm³/mol. The molecule has 19 heteroatoms. The van der Waals surface area contributed by atoms with Gasteiger partial charge in [0.2, 0.25) is 33.3 Å². The zero-order valence-electron chi connectivity index (χ0n) is 35.7. The highest BCUT2D eigenvalue weighted by atomic mass is 32.2. The Balaban J connectivity index is 1.06. The van der Waals surface area contributed by atoms with Crippen molar-refractivity contribution in [2.24, 2.45) is 5.92 Å². The minimum atomic E-state index is -4.58. The van der Waals surface area contributed by atoms with Crippen LogP contribution in [0.2, 0.25) is 0 Å². The van der Waals surface area contributed by atoms with Gasteiger partial charge in [0.15, 0.2) is 5.82 Å². The Kier molecular flexibility index (Phi) is 11.6. The second-order valence-corrected chi connectivity index (χ2v) is 20.0. The fourth-order valence-corrected chi connectivity index (χ4v) is 10.0. The monoisotopic (exact) mass is 930 g/mol. The molecule has 0 unspecified atom stereocenters. The number of allylic oxidation sites excluding steroid dienone is 1. The third-order valence-electron chi connectivity index (χ3n) is 13.0. The molecular formula is C47H46F4N6O8S. The number of hydrogen-bond donors (Lipinski definition) is 3. The van der Waals surface area contributed by atoms with Gasteiger partial charge >= 0.3 is 6.18 Å². The minimum Gasteiger partial charge on any atom is -0.470 e. The average molecular weight is 931 g/mol. The molecule has 2 aliphatic heterocycles. The van der Waals surface area contributed by atoms with Gasteiger partial charge in [0, 0.05) is 23.3 Å². The predicted octanol–water partition coefficient (Wildman–Crippen LogP) is 6.67. The van der Waals surface area contributed by atoms with Gasteiger partial charge in [0.05, 0.1) is 23.3 Å². The summed E-state index contributed by atoms with van der Waals surface area (Å²) < 4.78 is 94.6. The Morgan fingerprint density at radius 3 is 2.45 bits per heavy atom. The standard InChI is InChI=1S/C47H46F4N6O8S/c1-45(21-22-45)66(62,63)56-44(61)46-25-30(46)9-5-3-2-4-6-11-34(52-37(58)23-27-13-19-31(48)20-14-27)43(60)57-26-32(24-35(57)41(59)55-46)64-42-39-38(33-10-7-8-12-36(33)65-39)53-40(54-42)28-15-17-29(18-16-28)47(49,50)51/h5,7-10,12-20,30,32,34-35H,2-4,6,11,21-26H2,1H3,(H,52,58)(H,55,59)(H,56,61)/t30-,32-,34+,35+,46-/m1/s1. The van der Waals surface area contributed by atoms with E-state index in [2.05, 4.69) is 25.3 Å². The molecule has 5 aromatic rings. The first kappa shape index (κ1) is 44.8. The second kappa shape index (κ2) is 17.1. The van der Waals surface area contributed by atoms with Gasteiger partial charge < -0.3 is 24.7 Å². The highest BCUT2D eigenvalue weighted by Crippen LogP contribution is 2.48. The number of hydrogen-bond acceptors (Lipinski definition) is 10. The Labute approximate surface area is 376 Å². The van der Waals surface area contributed by atoms with E-state index in [4.69, 9.17) is 9.15 Å². The van der Waals surface area contributed by atoms with Crippen molar-refractivity contribution >= 4 is 55.7 Å². The van der Waals surface area contributed by atoms with Gasteiger partial charge in [-0.05, 0) is 87.4 Å². The lowest BCUT2D eigenvalue weighted by atomic mass is 10.0. The number of nitrogens with zero attached hydrogens (tertiary/aromatic N) is 3. The van der Waals surface area contributed by atoms with Crippen LogP contribution in [-0.2, 0) is 41.8 Å². The summed E-state index contributed by atoms with van der Waals surface area (Å²) >= 11 is 0. The van der Waals surface area contributed by atoms with E-state index in [9.17, 15) is 45.2 Å². The molecule has 2 aliphatic carbocycles. The molecule has 66 heavy (non-hydrogen) atoms. The fourth-order valence-electron chi connectivity index (χ4n) is 8.72. The Bertz CT molecular complexity index is 2870. The summed E-state index contributed by atoms with van der Waals surface area (Å²) in [4.78, 5) is 67.6. The summed E-state index contributed by atoms with van der Waals surface area (Å²) in [5.74, 6) is -3.90. The van der Waals surface area contributed by atoms with Crippen molar-refractivity contribution in [1.82, 2.24) is 30.2 Å². The van der Waals surface area contributed by atoms with E-state index in [-0.39, 0.29) is 55.1 Å². The number of furan rings is 1. The first-order valence-electron chi connectivity index (χ1n) is 21.9. The van der Waals surface area contributed by atoms with E-state index < -0.39 is 85.6 Å². The number of nitrogens with one attached hydrogen (secondary N) is 3. The van der Waals surface area contributed by atoms with Crippen LogP contribution in [0.5, 0.6) is 5.88 Å². The number of ether oxygens (including phenoxy) is 1. The van der Waals surface area contributed by atoms with Crippen LogP contribution in [0.15, 0.2) is 89.4 Å². The zero-order valence-corrected chi connectivity index (χ0v) is 36.5. The smallest absolute Gasteiger partial charge is 0.416 e. The summed E-state index contributed by atoms with van der Waals surface area (Å²) in [6.45, 7) is 1.32. The number of sulfonamides is 1. The van der Waals surface area contributed by atoms with Gasteiger partial charge in [-0.2, -0.15) is 18.2 Å². The molecule has 5 atom stereocenters. The number of halogens is 4. The van der Waals surface area contributed by atoms with Crippen LogP contribution < -0.4 is 20.1 Å². The van der Waals surface area contributed by atoms with Crippen molar-refractivity contribution in [1.29, 1.82) is 0 Å². The van der Waals surface area contributed by atoms with Crippen molar-refractivity contribution in [2.45, 2.75) is 106 Å². The van der Waals surface area contributed by atoms with Crippen molar-refractivity contribution in [3.63, 3.8) is 0 Å². The topological polar surface area (TPSA) is 190 Å². The SMILES string of the molecule is CC1(S(=O)(=O)NC(=O)[C@@]23C[C@H]2C=CCCCCC[C@H](NC(=O)Cc2ccc(F)cc2)C(=O)N2C[C@H](Oc4nc(-c5ccc(C(F)(F)F)cc5)nc5c4oc4ccccc45)C[C@H]2C(=O)N3)CC1. The molecule has 0 bridgehead atoms. The average Bonchev–Trinajstić information content (AvgIpc) is 4.10. The van der Waals surface area contributed by atoms with Crippen LogP contribution in [0.4, 0.5) is 17.6 Å². The Morgan fingerprint density at radius 1 is 0.985 bits per heavy atom. The molecule has 0 spiro atoms. The van der Waals surface area contributed by atoms with E-state index in [1.165, 1.54) is 41.3 Å². The quantitative estimate of drug-likeness (QED) is 0.106. The summed E-state index contributed by atoms with van der Waals surface area (Å²) in [7, 11) is -4.09. The number of aromatic nitrogens is 2. The lowest BCUT2D eigenvalue weighted by molar-refractivity contribution is -0.142. The molecule has 14 nitrogen and oxygen atoms in total. The van der Waals surface area contributed by atoms with Crippen molar-refractivity contribution < 1.29 is 54.3 Å². The molecule has 346 valence electrons. The van der Waals surface area contributed by atoms with Crippen molar-refractivity contribution in [2.75, 3.05) is 6.54 Å². The number of carbonyl (C=O) groups is 4. The molecule has 3 N–H and O–H groups in total. The molecule has 2 aromatic heterocycles. The summed E-state index contributed by atoms with van der Waals surface area (Å²) in [6.07, 6.45) is 1.38. The first-order chi connectivity index (χ1) is 31.4. The molecule has 1 saturated heterocycles. The van der Waals surface area contributed by atoms with Gasteiger partial charge in [-0.15, -0.1) is 0 Å². The third kappa shape index (κ3) is 8.96. The summed E-state index contributed by atoms with van der Waals surface area (Å²) in [5.41, 5.74) is -0.952. The molecule has 3 aromatic carbocycles. The molecule has 4 heterocycles. The van der Waals surface area contributed by atoms with Crippen LogP contribution in [0, 0.1) is 11.7 Å². The number of para-hydroxylation sites is 1. The maximum Gasteiger partial charge on any atom is 0.416 e. The zero-order chi connectivity index (χ0) is 46.6. The Hall–Kier alpha value is -6.37. The highest BCUT2D eigenvalue weighted by molar-refractivity contribution is 7.91. The van der Waals surface area contributed by atoms with Crippen molar-refractivity contribution in [3.05, 3.63) is 102 Å². The van der Waals surface area contributed by atoms with Gasteiger partial charge in [-0.3, -0.25) is 23.9 Å². The van der Waals surface area contributed by atoms with E-state index in [1.807, 2.05) is 6.08 Å². The molecule has 2 saturated carbocycles. The fraction of sp³-hybridized carbons (Fsp3) is 0.404. The highest BCUT2D eigenvalue weighted by Gasteiger charge is 2.63. The van der Waals surface area contributed by atoms with Crippen molar-refractivity contribution in [3.8, 4) is 17.3 Å². The Morgan fingerprint density at radius 2 is 1.73 bits per heavy atom. The lowest BCUT2D eigenvalue weighted by Crippen LogP contribution is -2.58. The largest absolute Gasteiger partial charge is 0.470 e. The number of carbonyl (C=O) groups excluding carboxylic acids is 4. The van der Waals surface area contributed by atoms with E-state index in [0.29, 0.717) is 60.6 Å². The third-order valence-corrected chi connectivity index (χ3v) is 15.2. The van der Waals surface area contributed by atoms with E-state index in [1.54, 1.807) is 37.3 Å². The maximum atomic E-state index is 14.8. The van der Waals surface area contributed by atoms with Crippen LogP contribution >= 0.6 is 0 Å². The molecule has 4 amide bonds. The summed E-state index contributed by atoms with van der Waals surface area (Å²) in [5, 5.41) is 6.24. The van der Waals surface area contributed by atoms with Crippen LogP contribution in [0.1, 0.15) is 75.8 Å². The molecule has 3 fully saturated rings.